The van der Waals surface area contributed by atoms with Crippen LogP contribution >= 0.6 is 11.3 Å². The second-order valence-electron chi connectivity index (χ2n) is 7.89. The zero-order chi connectivity index (χ0) is 21.3. The monoisotopic (exact) mass is 422 g/mol. The molecule has 1 N–H and O–H groups in total. The van der Waals surface area contributed by atoms with Crippen molar-refractivity contribution in [3.8, 4) is 16.4 Å². The number of nitrogens with zero attached hydrogens (tertiary/aromatic N) is 5. The summed E-state index contributed by atoms with van der Waals surface area (Å²) >= 11 is 1.54. The van der Waals surface area contributed by atoms with Crippen molar-refractivity contribution in [1.82, 2.24) is 30.2 Å². The van der Waals surface area contributed by atoms with Gasteiger partial charge in [0.2, 0.25) is 11.7 Å². The molecule has 0 bridgehead atoms. The van der Waals surface area contributed by atoms with Crippen LogP contribution in [0.1, 0.15) is 56.1 Å². The summed E-state index contributed by atoms with van der Waals surface area (Å²) in [5.74, 6) is 1.20. The highest BCUT2D eigenvalue weighted by Crippen LogP contribution is 2.26. The van der Waals surface area contributed by atoms with E-state index in [1.165, 1.54) is 11.3 Å². The van der Waals surface area contributed by atoms with Gasteiger partial charge in [0.25, 0.3) is 5.91 Å². The summed E-state index contributed by atoms with van der Waals surface area (Å²) in [4.78, 5) is 22.7. The van der Waals surface area contributed by atoms with Crippen molar-refractivity contribution in [2.45, 2.75) is 39.2 Å². The Morgan fingerprint density at radius 3 is 2.53 bits per heavy atom. The van der Waals surface area contributed by atoms with Crippen molar-refractivity contribution in [3.05, 3.63) is 65.4 Å². The molecule has 154 valence electrons. The van der Waals surface area contributed by atoms with Crippen LogP contribution in [-0.2, 0) is 5.41 Å². The van der Waals surface area contributed by atoms with Crippen molar-refractivity contribution in [2.75, 3.05) is 0 Å². The Kier molecular flexibility index (Phi) is 5.21. The lowest BCUT2D eigenvalue weighted by molar-refractivity contribution is 0.0922. The molecule has 0 spiro atoms. The van der Waals surface area contributed by atoms with Gasteiger partial charge >= 0.3 is 0 Å². The fourth-order valence-corrected chi connectivity index (χ4v) is 3.46. The summed E-state index contributed by atoms with van der Waals surface area (Å²) in [6.07, 6.45) is 0. The first-order valence-electron chi connectivity index (χ1n) is 9.54. The third-order valence-corrected chi connectivity index (χ3v) is 5.25. The van der Waals surface area contributed by atoms with Gasteiger partial charge in [-0.25, -0.2) is 9.67 Å². The molecule has 3 heterocycles. The van der Waals surface area contributed by atoms with Gasteiger partial charge in [-0.2, -0.15) is 4.98 Å². The molecule has 0 aliphatic rings. The van der Waals surface area contributed by atoms with E-state index in [4.69, 9.17) is 4.52 Å². The van der Waals surface area contributed by atoms with E-state index < -0.39 is 11.9 Å². The third kappa shape index (κ3) is 4.02. The van der Waals surface area contributed by atoms with E-state index in [2.05, 4.69) is 25.5 Å². The quantitative estimate of drug-likeness (QED) is 0.518. The SMILES string of the molecule is CC(NC(=O)c1nc(-c2cccs2)n(-c2ccccc2)n1)c1nc(C(C)(C)C)no1. The summed E-state index contributed by atoms with van der Waals surface area (Å²) in [5, 5.41) is 13.3. The number of amides is 1. The van der Waals surface area contributed by atoms with Gasteiger partial charge < -0.3 is 9.84 Å². The van der Waals surface area contributed by atoms with Crippen molar-refractivity contribution in [1.29, 1.82) is 0 Å². The molecule has 30 heavy (non-hydrogen) atoms. The van der Waals surface area contributed by atoms with Crippen LogP contribution in [0.4, 0.5) is 0 Å². The summed E-state index contributed by atoms with van der Waals surface area (Å²) < 4.78 is 7.00. The highest BCUT2D eigenvalue weighted by molar-refractivity contribution is 7.13. The Morgan fingerprint density at radius 2 is 1.90 bits per heavy atom. The van der Waals surface area contributed by atoms with Crippen LogP contribution in [-0.4, -0.2) is 30.8 Å². The molecule has 1 aromatic carbocycles. The molecule has 1 atom stereocenters. The summed E-state index contributed by atoms with van der Waals surface area (Å²) in [7, 11) is 0. The minimum Gasteiger partial charge on any atom is -0.338 e. The zero-order valence-electron chi connectivity index (χ0n) is 17.2. The number of benzene rings is 1. The Labute approximate surface area is 178 Å². The molecule has 0 radical (unpaired) electrons. The van der Waals surface area contributed by atoms with E-state index in [1.54, 1.807) is 11.6 Å². The van der Waals surface area contributed by atoms with Gasteiger partial charge in [-0.05, 0) is 30.5 Å². The fraction of sp³-hybridized carbons (Fsp3) is 0.286. The van der Waals surface area contributed by atoms with Crippen LogP contribution in [0, 0.1) is 0 Å². The van der Waals surface area contributed by atoms with E-state index >= 15 is 0 Å². The standard InChI is InChI=1S/C21H22N6O2S/c1-13(19-24-20(26-29-19)21(2,3)4)22-18(28)16-23-17(15-11-8-12-30-15)27(25-16)14-9-6-5-7-10-14/h5-13H,1-4H3,(H,22,28). The van der Waals surface area contributed by atoms with Crippen molar-refractivity contribution < 1.29 is 9.32 Å². The maximum Gasteiger partial charge on any atom is 0.291 e. The van der Waals surface area contributed by atoms with Crippen molar-refractivity contribution in [3.63, 3.8) is 0 Å². The third-order valence-electron chi connectivity index (χ3n) is 4.38. The molecule has 1 amide bonds. The maximum absolute atomic E-state index is 12.9. The lowest BCUT2D eigenvalue weighted by Crippen LogP contribution is -2.28. The molecule has 0 fully saturated rings. The molecule has 0 saturated carbocycles. The predicted octanol–water partition coefficient (Wildman–Crippen LogP) is 4.17. The normalized spacial score (nSPS) is 12.7. The Bertz CT molecular complexity index is 1140. The molecule has 0 aliphatic heterocycles. The van der Waals surface area contributed by atoms with Crippen LogP contribution < -0.4 is 5.32 Å². The first kappa shape index (κ1) is 20.0. The largest absolute Gasteiger partial charge is 0.338 e. The molecule has 0 aliphatic carbocycles. The van der Waals surface area contributed by atoms with Gasteiger partial charge in [-0.3, -0.25) is 4.79 Å². The predicted molar refractivity (Wildman–Crippen MR) is 114 cm³/mol. The van der Waals surface area contributed by atoms with Gasteiger partial charge in [0.1, 0.15) is 6.04 Å². The average molecular weight is 423 g/mol. The van der Waals surface area contributed by atoms with E-state index in [0.29, 0.717) is 17.5 Å². The van der Waals surface area contributed by atoms with E-state index in [0.717, 1.165) is 10.6 Å². The summed E-state index contributed by atoms with van der Waals surface area (Å²) in [5.41, 5.74) is 0.587. The molecule has 0 saturated heterocycles. The molecule has 4 aromatic rings. The summed E-state index contributed by atoms with van der Waals surface area (Å²) in [6.45, 7) is 7.78. The number of hydrogen-bond acceptors (Lipinski definition) is 7. The minimum atomic E-state index is -0.477. The maximum atomic E-state index is 12.9. The number of thiophene rings is 1. The number of nitrogens with one attached hydrogen (secondary N) is 1. The highest BCUT2D eigenvalue weighted by Gasteiger charge is 2.26. The Balaban J connectivity index is 1.61. The lowest BCUT2D eigenvalue weighted by atomic mass is 9.96. The zero-order valence-corrected chi connectivity index (χ0v) is 18.0. The molecule has 4 rings (SSSR count). The molecule has 3 aromatic heterocycles. The minimum absolute atomic E-state index is 0.0738. The number of hydrogen-bond donors (Lipinski definition) is 1. The van der Waals surface area contributed by atoms with E-state index in [9.17, 15) is 4.79 Å². The lowest BCUT2D eigenvalue weighted by Gasteiger charge is -2.11. The van der Waals surface area contributed by atoms with E-state index in [-0.39, 0.29) is 11.2 Å². The van der Waals surface area contributed by atoms with Crippen LogP contribution in [0.2, 0.25) is 0 Å². The van der Waals surface area contributed by atoms with Crippen molar-refractivity contribution in [2.24, 2.45) is 0 Å². The fourth-order valence-electron chi connectivity index (χ4n) is 2.76. The second kappa shape index (κ2) is 7.83. The van der Waals surface area contributed by atoms with E-state index in [1.807, 2.05) is 68.6 Å². The Morgan fingerprint density at radius 1 is 1.13 bits per heavy atom. The first-order valence-corrected chi connectivity index (χ1v) is 10.4. The second-order valence-corrected chi connectivity index (χ2v) is 8.83. The van der Waals surface area contributed by atoms with Crippen LogP contribution in [0.15, 0.2) is 52.4 Å². The highest BCUT2D eigenvalue weighted by atomic mass is 32.1. The summed E-state index contributed by atoms with van der Waals surface area (Å²) in [6, 6.07) is 13.0. The van der Waals surface area contributed by atoms with Crippen LogP contribution in [0.3, 0.4) is 0 Å². The Hall–Kier alpha value is -3.33. The van der Waals surface area contributed by atoms with Gasteiger partial charge in [-0.1, -0.05) is 50.2 Å². The number of carbonyl (C=O) groups is 1. The topological polar surface area (TPSA) is 98.7 Å². The van der Waals surface area contributed by atoms with Crippen LogP contribution in [0.5, 0.6) is 0 Å². The van der Waals surface area contributed by atoms with Crippen molar-refractivity contribution >= 4 is 17.2 Å². The average Bonchev–Trinajstić information content (AvgIpc) is 3.48. The molecular weight excluding hydrogens is 400 g/mol. The number of aromatic nitrogens is 5. The van der Waals surface area contributed by atoms with Crippen LogP contribution in [0.25, 0.3) is 16.4 Å². The molecule has 9 heteroatoms. The number of rotatable bonds is 5. The van der Waals surface area contributed by atoms with Gasteiger partial charge in [-0.15, -0.1) is 16.4 Å². The van der Waals surface area contributed by atoms with Gasteiger partial charge in [0, 0.05) is 5.41 Å². The number of carbonyl (C=O) groups excluding carboxylic acids is 1. The number of para-hydroxylation sites is 1. The molecule has 8 nitrogen and oxygen atoms in total. The van der Waals surface area contributed by atoms with Gasteiger partial charge in [0.05, 0.1) is 10.6 Å². The smallest absolute Gasteiger partial charge is 0.291 e. The molecular formula is C21H22N6O2S. The first-order chi connectivity index (χ1) is 14.3. The molecule has 1 unspecified atom stereocenters. The van der Waals surface area contributed by atoms with Gasteiger partial charge in [0.15, 0.2) is 11.6 Å².